The topological polar surface area (TPSA) is 220 Å². The molecule has 584 valence electrons. The molecule has 7 aliphatic heterocycles. The molecule has 108 heavy (non-hydrogen) atoms. The van der Waals surface area contributed by atoms with Crippen LogP contribution >= 0.6 is 53.7 Å². The van der Waals surface area contributed by atoms with Crippen molar-refractivity contribution >= 4 is 118 Å². The lowest BCUT2D eigenvalue weighted by Gasteiger charge is -2.39. The van der Waals surface area contributed by atoms with E-state index in [-0.39, 0.29) is 31.0 Å². The number of pyridine rings is 3. The van der Waals surface area contributed by atoms with E-state index < -0.39 is 7.12 Å². The second-order valence-electron chi connectivity index (χ2n) is 30.5. The third-order valence-electron chi connectivity index (χ3n) is 21.9. The summed E-state index contributed by atoms with van der Waals surface area (Å²) in [7, 11) is 3.83. The zero-order valence-electron chi connectivity index (χ0n) is 64.9. The normalized spacial score (nSPS) is 19.7. The number of nitrogen functional groups attached to an aromatic ring is 2. The molecule has 0 atom stereocenters. The van der Waals surface area contributed by atoms with Crippen molar-refractivity contribution in [1.29, 1.82) is 0 Å². The van der Waals surface area contributed by atoms with Crippen molar-refractivity contribution in [3.05, 3.63) is 124 Å². The van der Waals surface area contributed by atoms with Gasteiger partial charge in [0.1, 0.15) is 27.8 Å². The van der Waals surface area contributed by atoms with Gasteiger partial charge in [0.2, 0.25) is 11.9 Å². The second-order valence-corrected chi connectivity index (χ2v) is 35.2. The molecule has 9 aliphatic rings. The Labute approximate surface area is 668 Å². The number of halogens is 3. The van der Waals surface area contributed by atoms with Gasteiger partial charge in [0.05, 0.1) is 56.5 Å². The van der Waals surface area contributed by atoms with Gasteiger partial charge in [-0.2, -0.15) is 0 Å². The summed E-state index contributed by atoms with van der Waals surface area (Å²) >= 11 is 14.3. The fourth-order valence-electron chi connectivity index (χ4n) is 15.3. The molecule has 0 bridgehead atoms. The minimum atomic E-state index is -0.425. The van der Waals surface area contributed by atoms with Crippen molar-refractivity contribution in [2.45, 2.75) is 172 Å². The van der Waals surface area contributed by atoms with Crippen molar-refractivity contribution in [3.8, 4) is 22.4 Å². The fourth-order valence-corrected chi connectivity index (χ4v) is 20.4. The van der Waals surface area contributed by atoms with Gasteiger partial charge in [-0.15, -0.1) is 0 Å². The highest BCUT2D eigenvalue weighted by Gasteiger charge is 2.52. The third-order valence-corrected chi connectivity index (χ3v) is 26.5. The summed E-state index contributed by atoms with van der Waals surface area (Å²) in [6, 6.07) is 30.8. The van der Waals surface area contributed by atoms with Crippen molar-refractivity contribution in [2.75, 3.05) is 173 Å². The van der Waals surface area contributed by atoms with Crippen LogP contribution in [-0.2, 0) is 23.5 Å². The maximum absolute atomic E-state index is 6.19. The smallest absolute Gasteiger partial charge is 0.399 e. The van der Waals surface area contributed by atoms with E-state index in [9.17, 15) is 0 Å². The van der Waals surface area contributed by atoms with Crippen LogP contribution in [0.1, 0.15) is 150 Å². The molecule has 5 aromatic heterocycles. The molecule has 12 heterocycles. The van der Waals surface area contributed by atoms with Gasteiger partial charge in [0.25, 0.3) is 0 Å². The Kier molecular flexibility index (Phi) is 32.3. The first-order valence-electron chi connectivity index (χ1n) is 39.8. The van der Waals surface area contributed by atoms with Gasteiger partial charge in [-0.05, 0) is 193 Å². The summed E-state index contributed by atoms with van der Waals surface area (Å²) in [4.78, 5) is 43.6. The molecular formula is C82H117BCl2IN16O5P. The number of benzene rings is 2. The lowest BCUT2D eigenvalue weighted by molar-refractivity contribution is 0.00578. The maximum atomic E-state index is 6.19. The highest BCUT2D eigenvalue weighted by atomic mass is 127. The minimum absolute atomic E-state index is 0.0867. The van der Waals surface area contributed by atoms with E-state index in [0.29, 0.717) is 10.3 Å². The molecule has 0 amide bonds. The van der Waals surface area contributed by atoms with Crippen molar-refractivity contribution < 1.29 is 23.5 Å². The maximum Gasteiger partial charge on any atom is 0.498 e. The van der Waals surface area contributed by atoms with Crippen LogP contribution in [0.25, 0.3) is 22.4 Å². The lowest BCUT2D eigenvalue weighted by Crippen LogP contribution is -2.41. The van der Waals surface area contributed by atoms with E-state index in [0.717, 1.165) is 154 Å². The Morgan fingerprint density at radius 2 is 0.898 bits per heavy atom. The molecule has 9 fully saturated rings. The lowest BCUT2D eigenvalue weighted by atomic mass is 9.81. The van der Waals surface area contributed by atoms with Crippen LogP contribution in [0.5, 0.6) is 0 Å². The summed E-state index contributed by atoms with van der Waals surface area (Å²) in [6.07, 6.45) is 33.2. The number of hydrogen-bond donors (Lipinski definition) is 3. The number of nitrogens with one attached hydrogen (secondary N) is 1. The molecule has 2 saturated carbocycles. The Morgan fingerprint density at radius 3 is 1.36 bits per heavy atom. The number of para-hydroxylation sites is 1. The standard InChI is InChI=1S/C26H36NP.C18H24N6O.C14H20ClN3O.C10H16BN3O2.C9H10ClIN2O.C5H11N/c1-27(2)25-19-11-9-17-23(25)24-18-10-12-20-26(24)28(21-13-5-3-6-14-21)22-15-7-4-8-16-22;19-18-20-12-14(13-21-18)16-10-15(23-4-2-1-3-5-23)11-17(22-16)24-6-8-25-9-7-24;15-13-10-12(17-4-2-1-3-5-17)11-14(16-13)18-6-8-19-9-7-18;1-9(2)10(3,4)16-11(15-9)7-5-13-8(12)14-6-7;10-8-5-7(11)6-9(12-8)13-1-3-14-4-2-13;1-2-4-6-5-3-1/h9-12,17-22H,3-8,13-16H2,1-2H3;10-13H,1-9H2,(H2,19,20,21);10-11H,1-9H2;5-6H,1-4H3,(H2,12,13,14);5-6H,1-4H2;6H,1-5H2. The van der Waals surface area contributed by atoms with Gasteiger partial charge in [-0.25, -0.2) is 34.9 Å². The summed E-state index contributed by atoms with van der Waals surface area (Å²) in [5.41, 5.74) is 21.5. The number of nitrogens with two attached hydrogens (primary N) is 2. The van der Waals surface area contributed by atoms with Crippen LogP contribution in [0.2, 0.25) is 10.3 Å². The number of nitrogens with zero attached hydrogens (tertiary/aromatic N) is 13. The number of hydrogen-bond acceptors (Lipinski definition) is 21. The fraction of sp³-hybridized carbons (Fsp3) is 0.573. The van der Waals surface area contributed by atoms with E-state index in [1.54, 1.807) is 30.1 Å². The molecule has 5 N–H and O–H groups in total. The Balaban J connectivity index is 0.000000134. The first-order valence-corrected chi connectivity index (χ1v) is 43.1. The number of anilines is 8. The Bertz CT molecular complexity index is 3700. The van der Waals surface area contributed by atoms with Gasteiger partial charge < -0.3 is 69.7 Å². The Hall–Kier alpha value is -5.99. The highest BCUT2D eigenvalue weighted by Crippen LogP contribution is 2.56. The van der Waals surface area contributed by atoms with Crippen molar-refractivity contribution in [2.24, 2.45) is 0 Å². The number of ether oxygens (including phenoxy) is 3. The summed E-state index contributed by atoms with van der Waals surface area (Å²) in [6.45, 7) is 24.9. The minimum Gasteiger partial charge on any atom is -0.399 e. The van der Waals surface area contributed by atoms with Crippen LogP contribution in [0.4, 0.5) is 46.4 Å². The first kappa shape index (κ1) is 83.0. The molecule has 7 aromatic rings. The summed E-state index contributed by atoms with van der Waals surface area (Å²) < 4.78 is 29.0. The number of rotatable bonds is 12. The van der Waals surface area contributed by atoms with E-state index in [1.807, 2.05) is 45.9 Å². The molecule has 21 nitrogen and oxygen atoms in total. The quantitative estimate of drug-likeness (QED) is 0.0448. The molecular weight excluding hydrogens is 1530 g/mol. The molecule has 0 unspecified atom stereocenters. The number of morpholine rings is 3. The van der Waals surface area contributed by atoms with E-state index >= 15 is 0 Å². The molecule has 2 aliphatic carbocycles. The predicted octanol–water partition coefficient (Wildman–Crippen LogP) is 15.0. The van der Waals surface area contributed by atoms with Crippen LogP contribution in [0.3, 0.4) is 0 Å². The van der Waals surface area contributed by atoms with Gasteiger partial charge in [0, 0.05) is 154 Å². The average Bonchev–Trinajstić information content (AvgIpc) is 1.64. The number of aromatic nitrogens is 7. The predicted molar refractivity (Wildman–Crippen MR) is 457 cm³/mol. The molecule has 0 spiro atoms. The largest absolute Gasteiger partial charge is 0.498 e. The third kappa shape index (κ3) is 24.3. The zero-order chi connectivity index (χ0) is 75.7. The summed E-state index contributed by atoms with van der Waals surface area (Å²) in [5, 5.41) is 6.13. The average molecular weight is 1650 g/mol. The van der Waals surface area contributed by atoms with Gasteiger partial charge >= 0.3 is 7.12 Å². The molecule has 2 aromatic carbocycles. The van der Waals surface area contributed by atoms with Crippen molar-refractivity contribution in [3.63, 3.8) is 0 Å². The van der Waals surface area contributed by atoms with Crippen LogP contribution in [0, 0.1) is 3.57 Å². The molecule has 7 saturated heterocycles. The first-order chi connectivity index (χ1) is 52.4. The SMILES string of the molecule is C1CCNCC1.CC1(C)OB(c2cnc(N)nc2)OC1(C)C.CN(C)c1ccccc1-c1ccccc1P(C1CCCCC1)C1CCCCC1.Clc1cc(I)cc(N2CCOCC2)n1.Clc1cc(N2CCCCC2)cc(N2CCOCC2)n1.Nc1ncc(-c2cc(N3CCCCC3)cc(N3CCOCC3)n2)cn1. The van der Waals surface area contributed by atoms with Crippen molar-refractivity contribution in [1.82, 2.24) is 40.2 Å². The van der Waals surface area contributed by atoms with Gasteiger partial charge in [-0.3, -0.25) is 0 Å². The van der Waals surface area contributed by atoms with Gasteiger partial charge in [-0.1, -0.05) is 119 Å². The highest BCUT2D eigenvalue weighted by molar-refractivity contribution is 14.1. The van der Waals surface area contributed by atoms with Crippen LogP contribution < -0.4 is 57.0 Å². The summed E-state index contributed by atoms with van der Waals surface area (Å²) in [5.74, 6) is 3.46. The van der Waals surface area contributed by atoms with Crippen LogP contribution in [-0.4, -0.2) is 197 Å². The van der Waals surface area contributed by atoms with E-state index in [2.05, 4.69) is 168 Å². The monoisotopic (exact) mass is 1640 g/mol. The van der Waals surface area contributed by atoms with E-state index in [4.69, 9.17) is 63.2 Å². The van der Waals surface area contributed by atoms with Crippen LogP contribution in [0.15, 0.2) is 110 Å². The molecule has 26 heteroatoms. The number of piperidine rings is 3. The second kappa shape index (κ2) is 42.1. The van der Waals surface area contributed by atoms with E-state index in [1.165, 1.54) is 163 Å². The molecule has 16 rings (SSSR count). The van der Waals surface area contributed by atoms with Gasteiger partial charge in [0.15, 0.2) is 0 Å². The Morgan fingerprint density at radius 1 is 0.481 bits per heavy atom. The zero-order valence-corrected chi connectivity index (χ0v) is 69.4. The molecule has 0 radical (unpaired) electrons.